The van der Waals surface area contributed by atoms with E-state index in [1.807, 2.05) is 7.05 Å². The Labute approximate surface area is 179 Å². The Hall–Kier alpha value is -0.0800. The number of hydrogen-bond acceptors (Lipinski definition) is 3. The summed E-state index contributed by atoms with van der Waals surface area (Å²) in [7, 11) is 1.87. The molecule has 5 nitrogen and oxygen atoms in total. The van der Waals surface area contributed by atoms with E-state index in [4.69, 9.17) is 0 Å². The van der Waals surface area contributed by atoms with Crippen LogP contribution in [-0.2, 0) is 0 Å². The molecule has 0 aromatic heterocycles. The maximum atomic E-state index is 4.36. The zero-order chi connectivity index (χ0) is 18.3. The average molecular weight is 482 g/mol. The standard InChI is InChI=1S/C20H43N5.HI/c1-5-8-11-19(6-2)18-23-20(21-4)22-12-9-10-13-25-16-14-24(7-3)15-17-25;/h19H,5-18H2,1-4H3,(H2,21,22,23);1H. The van der Waals surface area contributed by atoms with E-state index >= 15 is 0 Å². The van der Waals surface area contributed by atoms with E-state index in [0.717, 1.165) is 25.0 Å². The number of halogens is 1. The number of nitrogens with one attached hydrogen (secondary N) is 2. The Morgan fingerprint density at radius 3 is 2.23 bits per heavy atom. The Kier molecular flexibility index (Phi) is 17.0. The van der Waals surface area contributed by atoms with Gasteiger partial charge in [-0.15, -0.1) is 24.0 Å². The molecule has 1 rings (SSSR count). The minimum absolute atomic E-state index is 0. The van der Waals surface area contributed by atoms with Gasteiger partial charge in [-0.2, -0.15) is 0 Å². The Morgan fingerprint density at radius 2 is 1.65 bits per heavy atom. The van der Waals surface area contributed by atoms with Crippen molar-refractivity contribution in [2.75, 3.05) is 59.4 Å². The number of hydrogen-bond donors (Lipinski definition) is 2. The minimum Gasteiger partial charge on any atom is -0.356 e. The second-order valence-corrected chi connectivity index (χ2v) is 7.28. The van der Waals surface area contributed by atoms with Gasteiger partial charge in [0, 0.05) is 46.3 Å². The molecular formula is C20H44IN5. The topological polar surface area (TPSA) is 42.9 Å². The van der Waals surface area contributed by atoms with Crippen molar-refractivity contribution < 1.29 is 0 Å². The van der Waals surface area contributed by atoms with Crippen LogP contribution in [0.2, 0.25) is 0 Å². The van der Waals surface area contributed by atoms with Crippen LogP contribution >= 0.6 is 24.0 Å². The number of guanidine groups is 1. The number of unbranched alkanes of at least 4 members (excludes halogenated alkanes) is 2. The second-order valence-electron chi connectivity index (χ2n) is 7.28. The van der Waals surface area contributed by atoms with Crippen molar-refractivity contribution in [3.05, 3.63) is 0 Å². The van der Waals surface area contributed by atoms with Crippen molar-refractivity contribution in [3.63, 3.8) is 0 Å². The van der Waals surface area contributed by atoms with Gasteiger partial charge in [0.1, 0.15) is 0 Å². The first-order chi connectivity index (χ1) is 12.2. The fourth-order valence-corrected chi connectivity index (χ4v) is 3.40. The third-order valence-electron chi connectivity index (χ3n) is 5.43. The van der Waals surface area contributed by atoms with Gasteiger partial charge >= 0.3 is 0 Å². The lowest BCUT2D eigenvalue weighted by atomic mass is 9.99. The fourth-order valence-electron chi connectivity index (χ4n) is 3.40. The summed E-state index contributed by atoms with van der Waals surface area (Å²) in [5.41, 5.74) is 0. The van der Waals surface area contributed by atoms with E-state index in [0.29, 0.717) is 0 Å². The van der Waals surface area contributed by atoms with Gasteiger partial charge in [-0.1, -0.05) is 40.0 Å². The first kappa shape index (κ1) is 25.9. The van der Waals surface area contributed by atoms with Gasteiger partial charge in [-0.3, -0.25) is 4.99 Å². The van der Waals surface area contributed by atoms with Crippen molar-refractivity contribution in [1.29, 1.82) is 0 Å². The van der Waals surface area contributed by atoms with Gasteiger partial charge in [0.15, 0.2) is 5.96 Å². The first-order valence-corrected chi connectivity index (χ1v) is 10.6. The van der Waals surface area contributed by atoms with Gasteiger partial charge in [0.05, 0.1) is 0 Å². The third-order valence-corrected chi connectivity index (χ3v) is 5.43. The van der Waals surface area contributed by atoms with Crippen LogP contribution in [0.1, 0.15) is 59.3 Å². The molecule has 156 valence electrons. The van der Waals surface area contributed by atoms with E-state index in [1.165, 1.54) is 77.8 Å². The molecule has 1 saturated heterocycles. The van der Waals surface area contributed by atoms with Crippen LogP contribution < -0.4 is 10.6 Å². The molecule has 26 heavy (non-hydrogen) atoms. The highest BCUT2D eigenvalue weighted by molar-refractivity contribution is 14.0. The summed E-state index contributed by atoms with van der Waals surface area (Å²) in [6.45, 7) is 16.3. The molecule has 1 aliphatic heterocycles. The summed E-state index contributed by atoms with van der Waals surface area (Å²) < 4.78 is 0. The van der Waals surface area contributed by atoms with Crippen molar-refractivity contribution in [1.82, 2.24) is 20.4 Å². The van der Waals surface area contributed by atoms with Crippen molar-refractivity contribution >= 4 is 29.9 Å². The Balaban J connectivity index is 0.00000625. The SMILES string of the molecule is CCCCC(CC)CNC(=NC)NCCCCN1CCN(CC)CC1.I. The van der Waals surface area contributed by atoms with Crippen molar-refractivity contribution in [2.24, 2.45) is 10.9 Å². The Morgan fingerprint density at radius 1 is 0.962 bits per heavy atom. The first-order valence-electron chi connectivity index (χ1n) is 10.6. The monoisotopic (exact) mass is 481 g/mol. The predicted octanol–water partition coefficient (Wildman–Crippen LogP) is 3.40. The van der Waals surface area contributed by atoms with E-state index in [9.17, 15) is 0 Å². The van der Waals surface area contributed by atoms with Crippen LogP contribution in [0.3, 0.4) is 0 Å². The van der Waals surface area contributed by atoms with Crippen molar-refractivity contribution in [3.8, 4) is 0 Å². The number of piperazine rings is 1. The highest BCUT2D eigenvalue weighted by Crippen LogP contribution is 2.11. The summed E-state index contributed by atoms with van der Waals surface area (Å²) in [5, 5.41) is 6.97. The largest absolute Gasteiger partial charge is 0.356 e. The van der Waals surface area contributed by atoms with Crippen LogP contribution in [0.4, 0.5) is 0 Å². The highest BCUT2D eigenvalue weighted by atomic mass is 127. The van der Waals surface area contributed by atoms with E-state index < -0.39 is 0 Å². The smallest absolute Gasteiger partial charge is 0.190 e. The fraction of sp³-hybridized carbons (Fsp3) is 0.950. The molecule has 0 amide bonds. The third kappa shape index (κ3) is 11.6. The summed E-state index contributed by atoms with van der Waals surface area (Å²) in [6.07, 6.45) is 7.67. The summed E-state index contributed by atoms with van der Waals surface area (Å²) in [4.78, 5) is 9.51. The maximum absolute atomic E-state index is 4.36. The molecule has 0 aliphatic carbocycles. The molecule has 0 aromatic carbocycles. The summed E-state index contributed by atoms with van der Waals surface area (Å²) in [6, 6.07) is 0. The van der Waals surface area contributed by atoms with Gasteiger partial charge < -0.3 is 20.4 Å². The molecule has 0 spiro atoms. The van der Waals surface area contributed by atoms with Crippen LogP contribution in [0, 0.1) is 5.92 Å². The lowest BCUT2D eigenvalue weighted by Gasteiger charge is -2.34. The van der Waals surface area contributed by atoms with Gasteiger partial charge in [0.25, 0.3) is 0 Å². The molecule has 1 atom stereocenters. The molecule has 0 saturated carbocycles. The van der Waals surface area contributed by atoms with Crippen LogP contribution in [0.25, 0.3) is 0 Å². The van der Waals surface area contributed by atoms with Crippen LogP contribution in [0.5, 0.6) is 0 Å². The van der Waals surface area contributed by atoms with E-state index in [2.05, 4.69) is 46.2 Å². The lowest BCUT2D eigenvalue weighted by Crippen LogP contribution is -2.46. The summed E-state index contributed by atoms with van der Waals surface area (Å²) in [5.74, 6) is 1.73. The molecule has 1 aliphatic rings. The van der Waals surface area contributed by atoms with E-state index in [-0.39, 0.29) is 24.0 Å². The molecule has 0 aromatic rings. The molecule has 2 N–H and O–H groups in total. The molecule has 6 heteroatoms. The molecule has 0 bridgehead atoms. The van der Waals surface area contributed by atoms with E-state index in [1.54, 1.807) is 0 Å². The molecule has 0 radical (unpaired) electrons. The molecule has 1 unspecified atom stereocenters. The molecular weight excluding hydrogens is 437 g/mol. The minimum atomic E-state index is 0. The van der Waals surface area contributed by atoms with Gasteiger partial charge in [-0.05, 0) is 38.3 Å². The van der Waals surface area contributed by atoms with Gasteiger partial charge in [0.2, 0.25) is 0 Å². The number of nitrogens with zero attached hydrogens (tertiary/aromatic N) is 3. The molecule has 1 heterocycles. The summed E-state index contributed by atoms with van der Waals surface area (Å²) >= 11 is 0. The lowest BCUT2D eigenvalue weighted by molar-refractivity contribution is 0.136. The average Bonchev–Trinajstić information content (AvgIpc) is 2.66. The highest BCUT2D eigenvalue weighted by Gasteiger charge is 2.14. The van der Waals surface area contributed by atoms with Crippen LogP contribution in [-0.4, -0.2) is 75.2 Å². The second kappa shape index (κ2) is 17.0. The van der Waals surface area contributed by atoms with Crippen molar-refractivity contribution in [2.45, 2.75) is 59.3 Å². The van der Waals surface area contributed by atoms with Gasteiger partial charge in [-0.25, -0.2) is 0 Å². The molecule has 1 fully saturated rings. The number of aliphatic imine (C=N–C) groups is 1. The van der Waals surface area contributed by atoms with Crippen LogP contribution in [0.15, 0.2) is 4.99 Å². The number of likely N-dealkylation sites (N-methyl/N-ethyl adjacent to an activating group) is 1. The normalized spacial score (nSPS) is 17.6. The maximum Gasteiger partial charge on any atom is 0.190 e. The zero-order valence-corrected chi connectivity index (χ0v) is 20.1. The number of rotatable bonds is 12. The Bertz CT molecular complexity index is 343. The quantitative estimate of drug-likeness (QED) is 0.194. The zero-order valence-electron chi connectivity index (χ0n) is 17.7. The predicted molar refractivity (Wildman–Crippen MR) is 126 cm³/mol.